The van der Waals surface area contributed by atoms with Crippen molar-refractivity contribution >= 4 is 18.0 Å². The number of ether oxygens (including phenoxy) is 1. The lowest BCUT2D eigenvalue weighted by atomic mass is 9.79. The number of nitrogens with one attached hydrogen (secondary N) is 2. The van der Waals surface area contributed by atoms with E-state index in [-0.39, 0.29) is 25.0 Å². The number of fused-ring (bicyclic) bond motifs is 3. The summed E-state index contributed by atoms with van der Waals surface area (Å²) in [6.45, 7) is 1.78. The summed E-state index contributed by atoms with van der Waals surface area (Å²) in [5.74, 6) is -1.44. The number of carbonyl (C=O) groups excluding carboxylic acids is 2. The molecule has 1 fully saturated rings. The van der Waals surface area contributed by atoms with E-state index < -0.39 is 23.5 Å². The highest BCUT2D eigenvalue weighted by Crippen LogP contribution is 2.44. The van der Waals surface area contributed by atoms with Crippen LogP contribution in [0, 0.1) is 5.41 Å². The van der Waals surface area contributed by atoms with E-state index in [1.807, 2.05) is 24.3 Å². The molecule has 2 amide bonds. The average Bonchev–Trinajstić information content (AvgIpc) is 2.97. The molecule has 7 nitrogen and oxygen atoms in total. The standard InChI is InChI=1S/C27H32N2O5/c1-18(24(30)31)29-25(32)27(14-8-2-3-9-15-27)17-28-26(33)34-16-23-21-12-6-4-10-19(21)20-11-5-7-13-22(20)23/h4-7,10-13,18,23H,2-3,8-9,14-17H2,1H3,(H,28,33)(H,29,32)(H,30,31)/t18-/m0/s1. The fourth-order valence-electron chi connectivity index (χ4n) is 5.19. The van der Waals surface area contributed by atoms with Gasteiger partial charge in [0.1, 0.15) is 12.6 Å². The molecule has 1 saturated carbocycles. The maximum absolute atomic E-state index is 13.1. The van der Waals surface area contributed by atoms with Crippen molar-refractivity contribution in [2.45, 2.75) is 57.4 Å². The molecule has 0 radical (unpaired) electrons. The molecule has 2 aromatic carbocycles. The van der Waals surface area contributed by atoms with Crippen LogP contribution in [-0.4, -0.2) is 42.3 Å². The fraction of sp³-hybridized carbons (Fsp3) is 0.444. The molecule has 7 heteroatoms. The van der Waals surface area contributed by atoms with Gasteiger partial charge in [-0.2, -0.15) is 0 Å². The molecule has 0 aromatic heterocycles. The van der Waals surface area contributed by atoms with Crippen LogP contribution in [0.2, 0.25) is 0 Å². The smallest absolute Gasteiger partial charge is 0.407 e. The van der Waals surface area contributed by atoms with E-state index in [0.717, 1.165) is 47.9 Å². The van der Waals surface area contributed by atoms with Gasteiger partial charge in [0, 0.05) is 12.5 Å². The third kappa shape index (κ3) is 4.93. The van der Waals surface area contributed by atoms with Crippen LogP contribution < -0.4 is 10.6 Å². The molecule has 34 heavy (non-hydrogen) atoms. The van der Waals surface area contributed by atoms with Gasteiger partial charge in [0.05, 0.1) is 5.41 Å². The van der Waals surface area contributed by atoms with Crippen LogP contribution in [0.1, 0.15) is 62.5 Å². The van der Waals surface area contributed by atoms with Crippen molar-refractivity contribution in [3.8, 4) is 11.1 Å². The molecule has 2 aromatic rings. The molecule has 0 heterocycles. The lowest BCUT2D eigenvalue weighted by Gasteiger charge is -2.32. The quantitative estimate of drug-likeness (QED) is 0.525. The zero-order valence-electron chi connectivity index (χ0n) is 19.5. The predicted octanol–water partition coefficient (Wildman–Crippen LogP) is 4.46. The number of benzene rings is 2. The molecule has 2 aliphatic carbocycles. The molecular formula is C27H32N2O5. The molecule has 3 N–H and O–H groups in total. The van der Waals surface area contributed by atoms with Gasteiger partial charge >= 0.3 is 12.1 Å². The van der Waals surface area contributed by atoms with Crippen LogP contribution in [0.25, 0.3) is 11.1 Å². The van der Waals surface area contributed by atoms with E-state index in [9.17, 15) is 19.5 Å². The Kier molecular flexibility index (Phi) is 7.20. The Morgan fingerprint density at radius 2 is 1.53 bits per heavy atom. The Morgan fingerprint density at radius 3 is 2.09 bits per heavy atom. The van der Waals surface area contributed by atoms with Gasteiger partial charge in [-0.1, -0.05) is 74.2 Å². The van der Waals surface area contributed by atoms with Crippen molar-refractivity contribution in [3.63, 3.8) is 0 Å². The lowest BCUT2D eigenvalue weighted by Crippen LogP contribution is -2.52. The van der Waals surface area contributed by atoms with E-state index in [0.29, 0.717) is 12.8 Å². The molecule has 180 valence electrons. The van der Waals surface area contributed by atoms with E-state index in [2.05, 4.69) is 34.9 Å². The van der Waals surface area contributed by atoms with Crippen molar-refractivity contribution in [1.82, 2.24) is 10.6 Å². The number of rotatable bonds is 7. The summed E-state index contributed by atoms with van der Waals surface area (Å²) >= 11 is 0. The molecule has 4 rings (SSSR count). The zero-order valence-corrected chi connectivity index (χ0v) is 19.5. The Labute approximate surface area is 199 Å². The number of aliphatic carboxylic acids is 1. The molecule has 0 aliphatic heterocycles. The van der Waals surface area contributed by atoms with Gasteiger partial charge < -0.3 is 20.5 Å². The number of carbonyl (C=O) groups is 3. The van der Waals surface area contributed by atoms with Gasteiger partial charge in [-0.15, -0.1) is 0 Å². The highest BCUT2D eigenvalue weighted by molar-refractivity contribution is 5.88. The first kappa shape index (κ1) is 23.8. The van der Waals surface area contributed by atoms with Gasteiger partial charge in [0.25, 0.3) is 0 Å². The lowest BCUT2D eigenvalue weighted by molar-refractivity contribution is -0.143. The molecule has 2 aliphatic rings. The monoisotopic (exact) mass is 464 g/mol. The average molecular weight is 465 g/mol. The van der Waals surface area contributed by atoms with Gasteiger partial charge in [-0.05, 0) is 42.0 Å². The van der Waals surface area contributed by atoms with Gasteiger partial charge in [0.15, 0.2) is 0 Å². The second-order valence-corrected chi connectivity index (χ2v) is 9.41. The fourth-order valence-corrected chi connectivity index (χ4v) is 5.19. The summed E-state index contributed by atoms with van der Waals surface area (Å²) in [6.07, 6.45) is 4.42. The summed E-state index contributed by atoms with van der Waals surface area (Å²) in [5.41, 5.74) is 3.77. The predicted molar refractivity (Wildman–Crippen MR) is 128 cm³/mol. The number of hydrogen-bond donors (Lipinski definition) is 3. The Bertz CT molecular complexity index is 1010. The first-order valence-electron chi connectivity index (χ1n) is 12.0. The topological polar surface area (TPSA) is 105 Å². The first-order chi connectivity index (χ1) is 16.4. The minimum Gasteiger partial charge on any atom is -0.480 e. The molecule has 0 unspecified atom stereocenters. The van der Waals surface area contributed by atoms with E-state index in [1.54, 1.807) is 0 Å². The zero-order chi connectivity index (χ0) is 24.1. The molecule has 1 atom stereocenters. The molecule has 0 bridgehead atoms. The summed E-state index contributed by atoms with van der Waals surface area (Å²) in [6, 6.07) is 15.3. The highest BCUT2D eigenvalue weighted by atomic mass is 16.5. The van der Waals surface area contributed by atoms with Crippen LogP contribution in [0.4, 0.5) is 4.79 Å². The third-order valence-corrected chi connectivity index (χ3v) is 7.18. The Morgan fingerprint density at radius 1 is 0.971 bits per heavy atom. The minimum absolute atomic E-state index is 0.0373. The number of amides is 2. The van der Waals surface area contributed by atoms with Crippen molar-refractivity contribution in [1.29, 1.82) is 0 Å². The first-order valence-corrected chi connectivity index (χ1v) is 12.0. The second-order valence-electron chi connectivity index (χ2n) is 9.41. The van der Waals surface area contributed by atoms with Crippen LogP contribution in [0.5, 0.6) is 0 Å². The normalized spacial score (nSPS) is 17.6. The van der Waals surface area contributed by atoms with Crippen molar-refractivity contribution in [2.75, 3.05) is 13.2 Å². The second kappa shape index (κ2) is 10.3. The van der Waals surface area contributed by atoms with E-state index >= 15 is 0 Å². The Balaban J connectivity index is 1.41. The number of carboxylic acid groups (broad SMARTS) is 1. The van der Waals surface area contributed by atoms with Crippen LogP contribution in [0.15, 0.2) is 48.5 Å². The molecule has 0 spiro atoms. The summed E-state index contributed by atoms with van der Waals surface area (Å²) in [5, 5.41) is 14.6. The van der Waals surface area contributed by atoms with Crippen LogP contribution in [-0.2, 0) is 14.3 Å². The molecular weight excluding hydrogens is 432 g/mol. The van der Waals surface area contributed by atoms with Gasteiger partial charge in [0.2, 0.25) is 5.91 Å². The largest absolute Gasteiger partial charge is 0.480 e. The van der Waals surface area contributed by atoms with Crippen molar-refractivity contribution < 1.29 is 24.2 Å². The van der Waals surface area contributed by atoms with E-state index in [1.165, 1.54) is 6.92 Å². The summed E-state index contributed by atoms with van der Waals surface area (Å²) in [4.78, 5) is 37.0. The minimum atomic E-state index is -1.08. The number of carboxylic acids is 1. The highest BCUT2D eigenvalue weighted by Gasteiger charge is 2.40. The maximum atomic E-state index is 13.1. The van der Waals surface area contributed by atoms with Gasteiger partial charge in [-0.25, -0.2) is 4.79 Å². The van der Waals surface area contributed by atoms with Crippen LogP contribution in [0.3, 0.4) is 0 Å². The SMILES string of the molecule is C[C@H](NC(=O)C1(CNC(=O)OCC2c3ccccc3-c3ccccc32)CCCCCC1)C(=O)O. The number of hydrogen-bond acceptors (Lipinski definition) is 4. The van der Waals surface area contributed by atoms with Crippen molar-refractivity contribution in [2.24, 2.45) is 5.41 Å². The summed E-state index contributed by atoms with van der Waals surface area (Å²) < 4.78 is 5.63. The maximum Gasteiger partial charge on any atom is 0.407 e. The van der Waals surface area contributed by atoms with Gasteiger partial charge in [-0.3, -0.25) is 9.59 Å². The van der Waals surface area contributed by atoms with E-state index in [4.69, 9.17) is 4.74 Å². The Hall–Kier alpha value is -3.35. The molecule has 0 saturated heterocycles. The summed E-state index contributed by atoms with van der Waals surface area (Å²) in [7, 11) is 0. The van der Waals surface area contributed by atoms with Crippen LogP contribution >= 0.6 is 0 Å². The van der Waals surface area contributed by atoms with Crippen molar-refractivity contribution in [3.05, 3.63) is 59.7 Å². The number of alkyl carbamates (subject to hydrolysis) is 1. The third-order valence-electron chi connectivity index (χ3n) is 7.18.